The van der Waals surface area contributed by atoms with Crippen LogP contribution in [-0.4, -0.2) is 0 Å². The van der Waals surface area contributed by atoms with E-state index < -0.39 is 20.8 Å². The average molecular weight is 611 g/mol. The minimum atomic E-state index is -0.826. The number of allylic oxidation sites excluding steroid dienone is 2. The van der Waals surface area contributed by atoms with Gasteiger partial charge in [-0.2, -0.15) is 0 Å². The maximum absolute atomic E-state index is 4.93. The van der Waals surface area contributed by atoms with E-state index in [1.54, 1.807) is 0 Å². The molecule has 0 radical (unpaired) electrons. The van der Waals surface area contributed by atoms with Gasteiger partial charge >= 0.3 is 37.9 Å². The van der Waals surface area contributed by atoms with Crippen LogP contribution in [0.2, 0.25) is 0 Å². The maximum Gasteiger partial charge on any atom is -0.0454 e. The molecular weight excluding hydrogens is 594 g/mol. The Labute approximate surface area is 216 Å². The molecule has 152 valence electrons. The monoisotopic (exact) mass is 607 g/mol. The fraction of sp³-hybridized carbons (Fsp3) is 0.0833. The van der Waals surface area contributed by atoms with Gasteiger partial charge in [-0.15, -0.1) is 76.9 Å². The molecular formula is C24H16BrCl2S2Zr-3. The molecule has 1 atom stereocenters. The van der Waals surface area contributed by atoms with Crippen molar-refractivity contribution in [3.63, 3.8) is 0 Å². The van der Waals surface area contributed by atoms with E-state index in [0.717, 1.165) is 6.42 Å². The van der Waals surface area contributed by atoms with Crippen LogP contribution < -0.4 is 0 Å². The van der Waals surface area contributed by atoms with Gasteiger partial charge in [0.25, 0.3) is 0 Å². The maximum atomic E-state index is 4.93. The molecule has 1 aliphatic heterocycles. The predicted molar refractivity (Wildman–Crippen MR) is 135 cm³/mol. The van der Waals surface area contributed by atoms with Crippen molar-refractivity contribution in [1.82, 2.24) is 0 Å². The molecule has 0 N–H and O–H groups in total. The van der Waals surface area contributed by atoms with Crippen LogP contribution in [0.1, 0.15) is 28.2 Å². The van der Waals surface area contributed by atoms with Gasteiger partial charge in [-0.05, 0) is 33.2 Å². The van der Waals surface area contributed by atoms with E-state index in [-0.39, 0.29) is 13.5 Å². The first-order chi connectivity index (χ1) is 14.2. The number of hydrogen-bond acceptors (Lipinski definition) is 2. The van der Waals surface area contributed by atoms with E-state index in [1.165, 1.54) is 42.1 Å². The molecule has 3 aliphatic rings. The van der Waals surface area contributed by atoms with Gasteiger partial charge in [0.1, 0.15) is 0 Å². The fourth-order valence-electron chi connectivity index (χ4n) is 3.78. The van der Waals surface area contributed by atoms with Crippen LogP contribution in [0, 0.1) is 12.1 Å². The predicted octanol–water partition coefficient (Wildman–Crippen LogP) is 8.07. The van der Waals surface area contributed by atoms with Gasteiger partial charge in [-0.1, -0.05) is 53.2 Å². The molecule has 0 nitrogen and oxygen atoms in total. The zero-order chi connectivity index (χ0) is 20.2. The van der Waals surface area contributed by atoms with Gasteiger partial charge in [0.05, 0.1) is 3.81 Å². The second-order valence-corrected chi connectivity index (χ2v) is 12.8. The number of benzene rings is 3. The minimum Gasteiger partial charge on any atom is -0.813 e. The Morgan fingerprint density at radius 1 is 0.967 bits per heavy atom. The largest absolute Gasteiger partial charge is 0.813 e. The van der Waals surface area contributed by atoms with E-state index in [9.17, 15) is 0 Å². The molecule has 6 heteroatoms. The second-order valence-electron chi connectivity index (χ2n) is 6.61. The average Bonchev–Trinajstić information content (AvgIpc) is 3.39. The molecule has 2 aliphatic carbocycles. The molecule has 6 rings (SSSR count). The Balaban J connectivity index is 0.000000147. The first-order valence-corrected chi connectivity index (χ1v) is 17.0. The van der Waals surface area contributed by atoms with E-state index in [1.807, 2.05) is 23.9 Å². The van der Waals surface area contributed by atoms with Crippen molar-refractivity contribution in [1.29, 1.82) is 0 Å². The quantitative estimate of drug-likeness (QED) is 0.112. The van der Waals surface area contributed by atoms with E-state index in [0.29, 0.717) is 5.92 Å². The Morgan fingerprint density at radius 2 is 1.67 bits per heavy atom. The van der Waals surface area contributed by atoms with Crippen molar-refractivity contribution in [2.45, 2.75) is 12.3 Å². The number of thiol groups is 1. The summed E-state index contributed by atoms with van der Waals surface area (Å²) < 4.78 is 1.23. The minimum absolute atomic E-state index is 0. The van der Waals surface area contributed by atoms with Crippen LogP contribution >= 0.6 is 44.7 Å². The molecule has 0 fully saturated rings. The van der Waals surface area contributed by atoms with E-state index >= 15 is 0 Å². The van der Waals surface area contributed by atoms with Crippen LogP contribution in [0.5, 0.6) is 0 Å². The smallest absolute Gasteiger partial charge is 0.0454 e. The summed E-state index contributed by atoms with van der Waals surface area (Å²) in [5.41, 5.74) is 8.13. The summed E-state index contributed by atoms with van der Waals surface area (Å²) in [6.45, 7) is 0. The van der Waals surface area contributed by atoms with Gasteiger partial charge in [0, 0.05) is 0 Å². The van der Waals surface area contributed by atoms with Crippen molar-refractivity contribution in [3.8, 4) is 11.1 Å². The second kappa shape index (κ2) is 11.6. The first-order valence-electron chi connectivity index (χ1n) is 9.02. The summed E-state index contributed by atoms with van der Waals surface area (Å²) in [4.78, 5) is 1.42. The standard InChI is InChI=1S/C13H9.C11H6BrS.2ClH.H2S.Zr/c1-3-7-12-10(5-1)9-11-6-2-4-8-13(11)12;12-11-6-9-8-4-2-1-3-7(8)5-10(9)13-11;;;;/h1-7H,9H2;1-2,4-6,9H;2*1H;1H2;/q2*-1;;;;+2/p-3. The SMILES string of the molecule is BrC1=CC2C(=Cc3[c-]cccc32)S1.[Cl][Zr][Cl].[SH-].[c-]1cccc2c1-c1ccccc1C2. The van der Waals surface area contributed by atoms with Crippen molar-refractivity contribution in [2.75, 3.05) is 0 Å². The summed E-state index contributed by atoms with van der Waals surface area (Å²) in [5.74, 6) is 0.492. The third-order valence-corrected chi connectivity index (χ3v) is 6.66. The molecule has 3 aromatic carbocycles. The Morgan fingerprint density at radius 3 is 2.50 bits per heavy atom. The van der Waals surface area contributed by atoms with Crippen LogP contribution in [0.4, 0.5) is 0 Å². The zero-order valence-corrected chi connectivity index (χ0v) is 23.0. The van der Waals surface area contributed by atoms with Crippen LogP contribution in [0.3, 0.4) is 0 Å². The molecule has 30 heavy (non-hydrogen) atoms. The fourth-order valence-corrected chi connectivity index (χ4v) is 5.53. The summed E-state index contributed by atoms with van der Waals surface area (Å²) in [7, 11) is 9.87. The van der Waals surface area contributed by atoms with Crippen molar-refractivity contribution in [3.05, 3.63) is 110 Å². The number of fused-ring (bicyclic) bond motifs is 6. The van der Waals surface area contributed by atoms with Gasteiger partial charge in [-0.3, -0.25) is 0 Å². The molecule has 0 saturated heterocycles. The molecule has 0 spiro atoms. The molecule has 0 amide bonds. The Bertz CT molecular complexity index is 1050. The number of halogens is 3. The normalized spacial score (nSPS) is 16.0. The Hall–Kier alpha value is -0.217. The third-order valence-electron chi connectivity index (χ3n) is 4.97. The van der Waals surface area contributed by atoms with Crippen LogP contribution in [-0.2, 0) is 40.8 Å². The molecule has 0 saturated carbocycles. The van der Waals surface area contributed by atoms with Gasteiger partial charge in [0.15, 0.2) is 0 Å². The van der Waals surface area contributed by atoms with Gasteiger partial charge in [-0.25, -0.2) is 0 Å². The number of hydrogen-bond donors (Lipinski definition) is 0. The molecule has 0 bridgehead atoms. The topological polar surface area (TPSA) is 0 Å². The van der Waals surface area contributed by atoms with Crippen molar-refractivity contribution >= 4 is 64.3 Å². The molecule has 0 aromatic heterocycles. The summed E-state index contributed by atoms with van der Waals surface area (Å²) >= 11 is 4.50. The summed E-state index contributed by atoms with van der Waals surface area (Å²) in [6.07, 6.45) is 5.56. The number of thioether (sulfide) groups is 1. The van der Waals surface area contributed by atoms with E-state index in [4.69, 9.17) is 17.0 Å². The summed E-state index contributed by atoms with van der Waals surface area (Å²) in [5, 5.41) is 0. The van der Waals surface area contributed by atoms with Crippen LogP contribution in [0.25, 0.3) is 17.2 Å². The first kappa shape index (κ1) is 24.4. The molecule has 3 aromatic rings. The van der Waals surface area contributed by atoms with Crippen molar-refractivity contribution < 1.29 is 20.8 Å². The van der Waals surface area contributed by atoms with Crippen molar-refractivity contribution in [2.24, 2.45) is 0 Å². The van der Waals surface area contributed by atoms with Gasteiger partial charge < -0.3 is 13.5 Å². The third kappa shape index (κ3) is 5.39. The number of rotatable bonds is 0. The van der Waals surface area contributed by atoms with E-state index in [2.05, 4.69) is 88.7 Å². The summed E-state index contributed by atoms with van der Waals surface area (Å²) in [6, 6.07) is 27.6. The Kier molecular flexibility index (Phi) is 9.44. The van der Waals surface area contributed by atoms with Crippen LogP contribution in [0.15, 0.2) is 75.5 Å². The van der Waals surface area contributed by atoms with Gasteiger partial charge in [0.2, 0.25) is 0 Å². The molecule has 1 unspecified atom stereocenters. The molecule has 1 heterocycles. The zero-order valence-electron chi connectivity index (χ0n) is 15.7.